The third kappa shape index (κ3) is 4.20. The zero-order valence-electron chi connectivity index (χ0n) is 18.2. The van der Waals surface area contributed by atoms with Crippen molar-refractivity contribution in [2.24, 2.45) is 0 Å². The first-order chi connectivity index (χ1) is 15.7. The minimum Gasteiger partial charge on any atom is -0.304 e. The Balaban J connectivity index is 1.52. The van der Waals surface area contributed by atoms with Crippen molar-refractivity contribution in [2.75, 3.05) is 33.2 Å². The van der Waals surface area contributed by atoms with Crippen LogP contribution in [-0.4, -0.2) is 57.8 Å². The highest BCUT2D eigenvalue weighted by Crippen LogP contribution is 2.30. The molecule has 5 nitrogen and oxygen atoms in total. The Kier molecular flexibility index (Phi) is 5.79. The van der Waals surface area contributed by atoms with E-state index in [1.54, 1.807) is 12.3 Å². The highest BCUT2D eigenvalue weighted by molar-refractivity contribution is 5.68. The summed E-state index contributed by atoms with van der Waals surface area (Å²) in [5, 5.41) is 4.69. The molecule has 0 N–H and O–H groups in total. The van der Waals surface area contributed by atoms with E-state index in [1.165, 1.54) is 6.07 Å². The Morgan fingerprint density at radius 2 is 1.62 bits per heavy atom. The first-order valence-electron chi connectivity index (χ1n) is 10.9. The van der Waals surface area contributed by atoms with Crippen LogP contribution >= 0.6 is 0 Å². The molecule has 162 valence electrons. The van der Waals surface area contributed by atoms with E-state index in [4.69, 9.17) is 0 Å². The van der Waals surface area contributed by atoms with Gasteiger partial charge in [0.2, 0.25) is 0 Å². The maximum atomic E-state index is 14.9. The van der Waals surface area contributed by atoms with Crippen LogP contribution in [0.25, 0.3) is 28.1 Å². The van der Waals surface area contributed by atoms with Crippen molar-refractivity contribution >= 4 is 0 Å². The van der Waals surface area contributed by atoms with Gasteiger partial charge in [0.15, 0.2) is 0 Å². The topological polar surface area (TPSA) is 37.2 Å². The SMILES string of the molecule is CN1CCN(Cc2cnn(-c3ccc(-c4cccnc4)cc3)c2-c2ccccc2F)CC1. The second-order valence-electron chi connectivity index (χ2n) is 8.28. The molecular weight excluding hydrogens is 401 g/mol. The number of hydrogen-bond acceptors (Lipinski definition) is 4. The van der Waals surface area contributed by atoms with Gasteiger partial charge in [0.05, 0.1) is 17.6 Å². The van der Waals surface area contributed by atoms with Gasteiger partial charge in [-0.05, 0) is 48.5 Å². The number of hydrogen-bond donors (Lipinski definition) is 0. The monoisotopic (exact) mass is 427 g/mol. The largest absolute Gasteiger partial charge is 0.304 e. The van der Waals surface area contributed by atoms with Crippen LogP contribution in [0.5, 0.6) is 0 Å². The number of piperazine rings is 1. The molecule has 0 saturated carbocycles. The fraction of sp³-hybridized carbons (Fsp3) is 0.231. The van der Waals surface area contributed by atoms with Gasteiger partial charge >= 0.3 is 0 Å². The summed E-state index contributed by atoms with van der Waals surface area (Å²) in [6, 6.07) is 19.1. The minimum atomic E-state index is -0.235. The highest BCUT2D eigenvalue weighted by Gasteiger charge is 2.21. The molecular formula is C26H26FN5. The summed E-state index contributed by atoms with van der Waals surface area (Å²) in [7, 11) is 2.15. The lowest BCUT2D eigenvalue weighted by atomic mass is 10.1. The lowest BCUT2D eigenvalue weighted by molar-refractivity contribution is 0.148. The van der Waals surface area contributed by atoms with E-state index in [1.807, 2.05) is 53.5 Å². The minimum absolute atomic E-state index is 0.235. The van der Waals surface area contributed by atoms with E-state index in [-0.39, 0.29) is 5.82 Å². The Labute approximate surface area is 187 Å². The molecule has 0 radical (unpaired) electrons. The van der Waals surface area contributed by atoms with E-state index in [0.717, 1.165) is 60.8 Å². The van der Waals surface area contributed by atoms with Crippen LogP contribution < -0.4 is 0 Å². The highest BCUT2D eigenvalue weighted by atomic mass is 19.1. The standard InChI is InChI=1S/C26H26FN5/c1-30-13-15-31(16-14-30)19-22-18-29-32(26(22)24-6-2-3-7-25(24)27)23-10-8-20(9-11-23)21-5-4-12-28-17-21/h2-12,17-18H,13-16,19H2,1H3. The maximum Gasteiger partial charge on any atom is 0.132 e. The molecule has 1 aliphatic heterocycles. The second-order valence-corrected chi connectivity index (χ2v) is 8.28. The fourth-order valence-electron chi connectivity index (χ4n) is 4.21. The summed E-state index contributed by atoms with van der Waals surface area (Å²) in [5.74, 6) is -0.235. The molecule has 0 unspecified atom stereocenters. The second kappa shape index (κ2) is 9.02. The lowest BCUT2D eigenvalue weighted by Crippen LogP contribution is -2.43. The first kappa shape index (κ1) is 20.5. The van der Waals surface area contributed by atoms with Crippen LogP contribution in [0.15, 0.2) is 79.3 Å². The van der Waals surface area contributed by atoms with Crippen molar-refractivity contribution in [1.82, 2.24) is 24.6 Å². The summed E-state index contributed by atoms with van der Waals surface area (Å²) < 4.78 is 16.7. The normalized spacial score (nSPS) is 15.2. The van der Waals surface area contributed by atoms with E-state index in [9.17, 15) is 4.39 Å². The van der Waals surface area contributed by atoms with Gasteiger partial charge in [0, 0.05) is 56.2 Å². The maximum absolute atomic E-state index is 14.9. The van der Waals surface area contributed by atoms with Crippen LogP contribution in [0, 0.1) is 5.82 Å². The van der Waals surface area contributed by atoms with Gasteiger partial charge in [-0.1, -0.05) is 30.3 Å². The number of nitrogens with zero attached hydrogens (tertiary/aromatic N) is 5. The van der Waals surface area contributed by atoms with Crippen LogP contribution in [0.2, 0.25) is 0 Å². The third-order valence-electron chi connectivity index (χ3n) is 6.07. The predicted octanol–water partition coefficient (Wildman–Crippen LogP) is 4.49. The van der Waals surface area contributed by atoms with Gasteiger partial charge < -0.3 is 4.90 Å². The molecule has 5 rings (SSSR count). The summed E-state index contributed by atoms with van der Waals surface area (Å²) in [6.45, 7) is 4.83. The molecule has 0 atom stereocenters. The third-order valence-corrected chi connectivity index (χ3v) is 6.07. The predicted molar refractivity (Wildman–Crippen MR) is 125 cm³/mol. The van der Waals surface area contributed by atoms with Crippen molar-refractivity contribution in [3.05, 3.63) is 90.6 Å². The number of benzene rings is 2. The van der Waals surface area contributed by atoms with Gasteiger partial charge in [-0.15, -0.1) is 0 Å². The zero-order valence-corrected chi connectivity index (χ0v) is 18.2. The Morgan fingerprint density at radius 3 is 2.34 bits per heavy atom. The molecule has 2 aromatic heterocycles. The molecule has 0 bridgehead atoms. The average molecular weight is 428 g/mol. The molecule has 1 saturated heterocycles. The Morgan fingerprint density at radius 1 is 0.844 bits per heavy atom. The smallest absolute Gasteiger partial charge is 0.132 e. The molecule has 0 spiro atoms. The van der Waals surface area contributed by atoms with Gasteiger partial charge in [0.1, 0.15) is 5.82 Å². The summed E-state index contributed by atoms with van der Waals surface area (Å²) in [4.78, 5) is 8.95. The Hall–Kier alpha value is -3.35. The molecule has 3 heterocycles. The van der Waals surface area contributed by atoms with Crippen molar-refractivity contribution in [2.45, 2.75) is 6.54 Å². The number of pyridine rings is 1. The molecule has 0 amide bonds. The van der Waals surface area contributed by atoms with Crippen molar-refractivity contribution in [3.63, 3.8) is 0 Å². The van der Waals surface area contributed by atoms with Crippen LogP contribution in [0.3, 0.4) is 0 Å². The average Bonchev–Trinajstić information content (AvgIpc) is 3.25. The summed E-state index contributed by atoms with van der Waals surface area (Å²) in [5.41, 5.74) is 5.47. The van der Waals surface area contributed by atoms with Gasteiger partial charge in [-0.2, -0.15) is 5.10 Å². The van der Waals surface area contributed by atoms with E-state index >= 15 is 0 Å². The number of halogens is 1. The molecule has 1 aliphatic rings. The Bertz CT molecular complexity index is 1180. The van der Waals surface area contributed by atoms with Crippen molar-refractivity contribution in [1.29, 1.82) is 0 Å². The number of aromatic nitrogens is 3. The van der Waals surface area contributed by atoms with Crippen molar-refractivity contribution < 1.29 is 4.39 Å². The van der Waals surface area contributed by atoms with E-state index in [2.05, 4.69) is 39.1 Å². The van der Waals surface area contributed by atoms with Crippen LogP contribution in [0.1, 0.15) is 5.56 Å². The first-order valence-corrected chi connectivity index (χ1v) is 10.9. The fourth-order valence-corrected chi connectivity index (χ4v) is 4.21. The molecule has 0 aliphatic carbocycles. The molecule has 4 aromatic rings. The lowest BCUT2D eigenvalue weighted by Gasteiger charge is -2.32. The molecule has 2 aromatic carbocycles. The summed E-state index contributed by atoms with van der Waals surface area (Å²) in [6.07, 6.45) is 5.50. The van der Waals surface area contributed by atoms with Crippen molar-refractivity contribution in [3.8, 4) is 28.1 Å². The number of likely N-dealkylation sites (N-methyl/N-ethyl adjacent to an activating group) is 1. The van der Waals surface area contributed by atoms with Crippen LogP contribution in [0.4, 0.5) is 4.39 Å². The summed E-state index contributed by atoms with van der Waals surface area (Å²) >= 11 is 0. The quantitative estimate of drug-likeness (QED) is 0.470. The molecule has 6 heteroatoms. The molecule has 32 heavy (non-hydrogen) atoms. The van der Waals surface area contributed by atoms with E-state index < -0.39 is 0 Å². The number of rotatable bonds is 5. The van der Waals surface area contributed by atoms with Gasteiger partial charge in [-0.3, -0.25) is 9.88 Å². The zero-order chi connectivity index (χ0) is 21.9. The van der Waals surface area contributed by atoms with Gasteiger partial charge in [0.25, 0.3) is 0 Å². The molecule has 1 fully saturated rings. The van der Waals surface area contributed by atoms with Crippen LogP contribution in [-0.2, 0) is 6.54 Å². The van der Waals surface area contributed by atoms with Gasteiger partial charge in [-0.25, -0.2) is 9.07 Å². The van der Waals surface area contributed by atoms with E-state index in [0.29, 0.717) is 5.56 Å².